The highest BCUT2D eigenvalue weighted by atomic mass is 16.5. The van der Waals surface area contributed by atoms with Gasteiger partial charge >= 0.3 is 0 Å². The maximum Gasteiger partial charge on any atom is 0.130 e. The molecule has 0 amide bonds. The number of nitrogens with one attached hydrogen (secondary N) is 1. The van der Waals surface area contributed by atoms with Crippen molar-refractivity contribution in [2.45, 2.75) is 12.6 Å². The van der Waals surface area contributed by atoms with Gasteiger partial charge < -0.3 is 9.30 Å². The van der Waals surface area contributed by atoms with E-state index in [0.29, 0.717) is 6.54 Å². The average Bonchev–Trinajstić information content (AvgIpc) is 3.02. The molecule has 118 valence electrons. The molecule has 0 aliphatic heterocycles. The van der Waals surface area contributed by atoms with E-state index in [-0.39, 0.29) is 6.04 Å². The van der Waals surface area contributed by atoms with Crippen molar-refractivity contribution in [3.8, 4) is 5.75 Å². The highest BCUT2D eigenvalue weighted by molar-refractivity contribution is 5.39. The summed E-state index contributed by atoms with van der Waals surface area (Å²) in [5, 5.41) is 3.57. The number of nitrogens with zero attached hydrogens (tertiary/aromatic N) is 3. The number of aryl methyl sites for hydroxylation is 1. The minimum atomic E-state index is -0.0636. The van der Waals surface area contributed by atoms with Crippen molar-refractivity contribution in [3.05, 3.63) is 78.1 Å². The van der Waals surface area contributed by atoms with Crippen LogP contribution >= 0.6 is 0 Å². The fourth-order valence-corrected chi connectivity index (χ4v) is 2.62. The molecule has 3 aromatic rings. The molecule has 0 spiro atoms. The van der Waals surface area contributed by atoms with E-state index in [1.807, 2.05) is 54.5 Å². The molecule has 1 aromatic carbocycles. The zero-order valence-corrected chi connectivity index (χ0v) is 13.3. The van der Waals surface area contributed by atoms with Crippen LogP contribution in [-0.4, -0.2) is 21.6 Å². The highest BCUT2D eigenvalue weighted by Crippen LogP contribution is 2.29. The number of rotatable bonds is 6. The summed E-state index contributed by atoms with van der Waals surface area (Å²) in [6.07, 6.45) is 7.40. The summed E-state index contributed by atoms with van der Waals surface area (Å²) in [6.45, 7) is 0.698. The van der Waals surface area contributed by atoms with E-state index in [9.17, 15) is 0 Å². The molecule has 5 nitrogen and oxygen atoms in total. The summed E-state index contributed by atoms with van der Waals surface area (Å²) in [4.78, 5) is 8.67. The van der Waals surface area contributed by atoms with Crippen molar-refractivity contribution in [1.82, 2.24) is 19.9 Å². The summed E-state index contributed by atoms with van der Waals surface area (Å²) < 4.78 is 7.55. The van der Waals surface area contributed by atoms with Gasteiger partial charge in [0.25, 0.3) is 0 Å². The molecule has 5 heteroatoms. The number of methoxy groups -OCH3 is 1. The van der Waals surface area contributed by atoms with Crippen LogP contribution in [0.1, 0.15) is 23.0 Å². The molecule has 0 bridgehead atoms. The van der Waals surface area contributed by atoms with Crippen molar-refractivity contribution < 1.29 is 4.74 Å². The molecule has 23 heavy (non-hydrogen) atoms. The summed E-state index contributed by atoms with van der Waals surface area (Å²) in [5.41, 5.74) is 2.19. The lowest BCUT2D eigenvalue weighted by molar-refractivity contribution is 0.401. The fraction of sp³-hybridized carbons (Fsp3) is 0.222. The lowest BCUT2D eigenvalue weighted by atomic mass is 10.0. The van der Waals surface area contributed by atoms with Crippen molar-refractivity contribution in [3.63, 3.8) is 0 Å². The van der Waals surface area contributed by atoms with Gasteiger partial charge in [0.2, 0.25) is 0 Å². The second kappa shape index (κ2) is 7.07. The molecule has 2 heterocycles. The normalized spacial score (nSPS) is 12.1. The summed E-state index contributed by atoms with van der Waals surface area (Å²) in [7, 11) is 3.69. The first-order chi connectivity index (χ1) is 11.3. The first-order valence-electron chi connectivity index (χ1n) is 7.52. The molecule has 1 N–H and O–H groups in total. The molecule has 0 saturated carbocycles. The molecule has 0 radical (unpaired) electrons. The standard InChI is InChI=1S/C18H20N4O/c1-22-11-10-20-18(22)17(15-7-3-4-8-16(15)23-2)21-13-14-6-5-9-19-12-14/h3-12,17,21H,13H2,1-2H3. The number of benzene rings is 1. The number of imidazole rings is 1. The molecule has 0 aliphatic carbocycles. The molecule has 1 unspecified atom stereocenters. The molecular weight excluding hydrogens is 288 g/mol. The van der Waals surface area contributed by atoms with Crippen LogP contribution in [0.25, 0.3) is 0 Å². The Morgan fingerprint density at radius 3 is 2.74 bits per heavy atom. The zero-order valence-electron chi connectivity index (χ0n) is 13.3. The second-order valence-electron chi connectivity index (χ2n) is 5.31. The quantitative estimate of drug-likeness (QED) is 0.761. The van der Waals surface area contributed by atoms with Crippen LogP contribution in [0.15, 0.2) is 61.2 Å². The smallest absolute Gasteiger partial charge is 0.130 e. The Morgan fingerprint density at radius 1 is 1.17 bits per heavy atom. The van der Waals surface area contributed by atoms with E-state index in [0.717, 1.165) is 22.7 Å². The van der Waals surface area contributed by atoms with Gasteiger partial charge in [0, 0.05) is 43.9 Å². The number of hydrogen-bond acceptors (Lipinski definition) is 4. The Bertz CT molecular complexity index is 754. The van der Waals surface area contributed by atoms with Gasteiger partial charge in [-0.25, -0.2) is 4.98 Å². The van der Waals surface area contributed by atoms with Crippen LogP contribution in [0, 0.1) is 0 Å². The van der Waals surface area contributed by atoms with E-state index in [1.165, 1.54) is 0 Å². The van der Waals surface area contributed by atoms with E-state index in [2.05, 4.69) is 27.4 Å². The van der Waals surface area contributed by atoms with E-state index in [1.54, 1.807) is 13.3 Å². The Morgan fingerprint density at radius 2 is 2.04 bits per heavy atom. The fourth-order valence-electron chi connectivity index (χ4n) is 2.62. The Balaban J connectivity index is 1.93. The van der Waals surface area contributed by atoms with Crippen LogP contribution in [0.4, 0.5) is 0 Å². The number of hydrogen-bond donors (Lipinski definition) is 1. The van der Waals surface area contributed by atoms with E-state index in [4.69, 9.17) is 4.74 Å². The summed E-state index contributed by atoms with van der Waals surface area (Å²) in [6, 6.07) is 11.9. The molecule has 0 fully saturated rings. The monoisotopic (exact) mass is 308 g/mol. The summed E-state index contributed by atoms with van der Waals surface area (Å²) >= 11 is 0. The third kappa shape index (κ3) is 3.40. The van der Waals surface area contributed by atoms with Gasteiger partial charge in [-0.3, -0.25) is 10.3 Å². The number of para-hydroxylation sites is 1. The van der Waals surface area contributed by atoms with Gasteiger partial charge in [-0.05, 0) is 17.7 Å². The molecule has 3 rings (SSSR count). The van der Waals surface area contributed by atoms with Crippen LogP contribution in [0.2, 0.25) is 0 Å². The van der Waals surface area contributed by atoms with Crippen molar-refractivity contribution in [2.75, 3.05) is 7.11 Å². The lowest BCUT2D eigenvalue weighted by Gasteiger charge is -2.21. The third-order valence-electron chi connectivity index (χ3n) is 3.80. The topological polar surface area (TPSA) is 52.0 Å². The molecule has 0 saturated heterocycles. The maximum atomic E-state index is 5.53. The lowest BCUT2D eigenvalue weighted by Crippen LogP contribution is -2.25. The van der Waals surface area contributed by atoms with Gasteiger partial charge in [0.05, 0.1) is 13.2 Å². The summed E-state index contributed by atoms with van der Waals surface area (Å²) in [5.74, 6) is 1.79. The van der Waals surface area contributed by atoms with Gasteiger partial charge in [-0.1, -0.05) is 24.3 Å². The number of ether oxygens (including phenoxy) is 1. The molecule has 0 aliphatic rings. The molecular formula is C18H20N4O. The highest BCUT2D eigenvalue weighted by Gasteiger charge is 2.21. The first-order valence-corrected chi connectivity index (χ1v) is 7.52. The Hall–Kier alpha value is -2.66. The third-order valence-corrected chi connectivity index (χ3v) is 3.80. The Labute approximate surface area is 136 Å². The van der Waals surface area contributed by atoms with Crippen molar-refractivity contribution in [2.24, 2.45) is 7.05 Å². The molecule has 1 atom stereocenters. The number of aromatic nitrogens is 3. The van der Waals surface area contributed by atoms with Crippen molar-refractivity contribution in [1.29, 1.82) is 0 Å². The zero-order chi connectivity index (χ0) is 16.1. The van der Waals surface area contributed by atoms with E-state index >= 15 is 0 Å². The number of pyridine rings is 1. The average molecular weight is 308 g/mol. The minimum absolute atomic E-state index is 0.0636. The van der Waals surface area contributed by atoms with Crippen molar-refractivity contribution >= 4 is 0 Å². The van der Waals surface area contributed by atoms with Crippen LogP contribution in [0.3, 0.4) is 0 Å². The maximum absolute atomic E-state index is 5.53. The van der Waals surface area contributed by atoms with Gasteiger partial charge in [0.15, 0.2) is 0 Å². The van der Waals surface area contributed by atoms with Gasteiger partial charge in [-0.15, -0.1) is 0 Å². The molecule has 2 aromatic heterocycles. The predicted molar refractivity (Wildman–Crippen MR) is 89.1 cm³/mol. The van der Waals surface area contributed by atoms with Gasteiger partial charge in [-0.2, -0.15) is 0 Å². The Kier molecular flexibility index (Phi) is 4.68. The van der Waals surface area contributed by atoms with E-state index < -0.39 is 0 Å². The van der Waals surface area contributed by atoms with Crippen LogP contribution in [-0.2, 0) is 13.6 Å². The van der Waals surface area contributed by atoms with Gasteiger partial charge in [0.1, 0.15) is 11.6 Å². The first kappa shape index (κ1) is 15.2. The predicted octanol–water partition coefficient (Wildman–Crippen LogP) is 2.70. The van der Waals surface area contributed by atoms with Crippen LogP contribution in [0.5, 0.6) is 5.75 Å². The largest absolute Gasteiger partial charge is 0.496 e. The van der Waals surface area contributed by atoms with Crippen LogP contribution < -0.4 is 10.1 Å². The second-order valence-corrected chi connectivity index (χ2v) is 5.31. The SMILES string of the molecule is COc1ccccc1C(NCc1cccnc1)c1nccn1C. The minimum Gasteiger partial charge on any atom is -0.496 e.